The Morgan fingerprint density at radius 3 is 2.44 bits per heavy atom. The van der Waals surface area contributed by atoms with Crippen LogP contribution in [0.1, 0.15) is 27.4 Å². The molecule has 1 amide bonds. The molecule has 1 N–H and O–H groups in total. The number of aromatic nitrogens is 3. The summed E-state index contributed by atoms with van der Waals surface area (Å²) in [5.41, 5.74) is 5.70. The second-order valence-corrected chi connectivity index (χ2v) is 6.64. The van der Waals surface area contributed by atoms with Gasteiger partial charge in [-0.3, -0.25) is 4.79 Å². The van der Waals surface area contributed by atoms with Gasteiger partial charge in [0.05, 0.1) is 28.3 Å². The van der Waals surface area contributed by atoms with Crippen LogP contribution in [0.4, 0.5) is 5.69 Å². The zero-order valence-corrected chi connectivity index (χ0v) is 15.5. The summed E-state index contributed by atoms with van der Waals surface area (Å²) in [6.07, 6.45) is 0. The van der Waals surface area contributed by atoms with E-state index in [2.05, 4.69) is 15.4 Å². The third kappa shape index (κ3) is 3.19. The first-order valence-electron chi connectivity index (χ1n) is 8.83. The number of hydrogen-bond donors (Lipinski definition) is 1. The molecule has 5 nitrogen and oxygen atoms in total. The largest absolute Gasteiger partial charge is 0.317 e. The van der Waals surface area contributed by atoms with Crippen LogP contribution in [-0.2, 0) is 0 Å². The van der Waals surface area contributed by atoms with Gasteiger partial charge >= 0.3 is 0 Å². The van der Waals surface area contributed by atoms with Gasteiger partial charge in [0.15, 0.2) is 0 Å². The highest BCUT2D eigenvalue weighted by Gasteiger charge is 2.17. The molecular formula is C22H20N4O. The number of nitrogens with one attached hydrogen (secondary N) is 1. The lowest BCUT2D eigenvalue weighted by Crippen LogP contribution is -2.14. The number of para-hydroxylation sites is 1. The normalized spacial score (nSPS) is 10.9. The van der Waals surface area contributed by atoms with Crippen molar-refractivity contribution in [3.8, 4) is 5.69 Å². The van der Waals surface area contributed by atoms with E-state index in [-0.39, 0.29) is 5.91 Å². The Hall–Kier alpha value is -3.47. The van der Waals surface area contributed by atoms with E-state index in [0.29, 0.717) is 5.69 Å². The number of nitrogens with zero attached hydrogens (tertiary/aromatic N) is 3. The molecule has 0 aliphatic carbocycles. The summed E-state index contributed by atoms with van der Waals surface area (Å²) < 4.78 is 1.85. The van der Waals surface area contributed by atoms with Gasteiger partial charge in [0, 0.05) is 5.39 Å². The Bertz CT molecular complexity index is 1140. The lowest BCUT2D eigenvalue weighted by molar-refractivity contribution is 0.102. The molecule has 2 heterocycles. The van der Waals surface area contributed by atoms with E-state index in [1.165, 1.54) is 5.56 Å². The summed E-state index contributed by atoms with van der Waals surface area (Å²) in [6, 6.07) is 19.5. The average Bonchev–Trinajstić information content (AvgIpc) is 2.96. The molecule has 0 atom stereocenters. The Morgan fingerprint density at radius 2 is 1.67 bits per heavy atom. The van der Waals surface area contributed by atoms with Crippen molar-refractivity contribution in [1.29, 1.82) is 0 Å². The summed E-state index contributed by atoms with van der Waals surface area (Å²) in [4.78, 5) is 17.2. The maximum absolute atomic E-state index is 12.7. The molecule has 4 aromatic rings. The lowest BCUT2D eigenvalue weighted by Gasteiger charge is -2.08. The molecule has 0 fully saturated rings. The van der Waals surface area contributed by atoms with Gasteiger partial charge in [-0.25, -0.2) is 9.67 Å². The Kier molecular flexibility index (Phi) is 4.20. The second kappa shape index (κ2) is 6.68. The van der Waals surface area contributed by atoms with Gasteiger partial charge in [-0.2, -0.15) is 5.10 Å². The van der Waals surface area contributed by atoms with Gasteiger partial charge in [-0.1, -0.05) is 42.0 Å². The fourth-order valence-corrected chi connectivity index (χ4v) is 3.13. The lowest BCUT2D eigenvalue weighted by atomic mass is 10.2. The van der Waals surface area contributed by atoms with Gasteiger partial charge in [-0.15, -0.1) is 0 Å². The number of carbonyl (C=O) groups is 1. The second-order valence-electron chi connectivity index (χ2n) is 6.64. The van der Waals surface area contributed by atoms with Crippen molar-refractivity contribution in [2.45, 2.75) is 20.8 Å². The molecule has 5 heteroatoms. The minimum atomic E-state index is -0.240. The smallest absolute Gasteiger partial charge is 0.274 e. The standard InChI is InChI=1S/C22H20N4O/c1-14-8-11-18(12-9-14)26-16(3)21(15(2)25-26)24-22(27)20-13-10-17-6-4-5-7-19(17)23-20/h4-13H,1-3H3,(H,24,27). The van der Waals surface area contributed by atoms with Crippen molar-refractivity contribution >= 4 is 22.5 Å². The molecule has 0 aliphatic heterocycles. The van der Waals surface area contributed by atoms with Crippen LogP contribution in [0.3, 0.4) is 0 Å². The van der Waals surface area contributed by atoms with E-state index >= 15 is 0 Å². The molecule has 134 valence electrons. The van der Waals surface area contributed by atoms with Gasteiger partial charge in [0.25, 0.3) is 5.91 Å². The van der Waals surface area contributed by atoms with Crippen LogP contribution < -0.4 is 5.32 Å². The summed E-state index contributed by atoms with van der Waals surface area (Å²) in [7, 11) is 0. The number of carbonyl (C=O) groups excluding carboxylic acids is 1. The predicted molar refractivity (Wildman–Crippen MR) is 107 cm³/mol. The first kappa shape index (κ1) is 17.0. The monoisotopic (exact) mass is 356 g/mol. The van der Waals surface area contributed by atoms with Crippen LogP contribution in [0, 0.1) is 20.8 Å². The number of aryl methyl sites for hydroxylation is 2. The van der Waals surface area contributed by atoms with Crippen LogP contribution >= 0.6 is 0 Å². The first-order valence-corrected chi connectivity index (χ1v) is 8.83. The Labute approximate surface area is 157 Å². The molecule has 0 aliphatic rings. The van der Waals surface area contributed by atoms with E-state index in [4.69, 9.17) is 0 Å². The van der Waals surface area contributed by atoms with Gasteiger partial charge in [-0.05, 0) is 45.0 Å². The van der Waals surface area contributed by atoms with E-state index < -0.39 is 0 Å². The highest BCUT2D eigenvalue weighted by Crippen LogP contribution is 2.24. The van der Waals surface area contributed by atoms with Crippen molar-refractivity contribution in [2.24, 2.45) is 0 Å². The Morgan fingerprint density at radius 1 is 0.926 bits per heavy atom. The molecule has 0 radical (unpaired) electrons. The highest BCUT2D eigenvalue weighted by atomic mass is 16.1. The SMILES string of the molecule is Cc1ccc(-n2nc(C)c(NC(=O)c3ccc4ccccc4n3)c2C)cc1. The zero-order chi connectivity index (χ0) is 19.0. The quantitative estimate of drug-likeness (QED) is 0.584. The summed E-state index contributed by atoms with van der Waals surface area (Å²) in [5.74, 6) is -0.240. The molecule has 0 saturated heterocycles. The van der Waals surface area contributed by atoms with Crippen molar-refractivity contribution in [3.05, 3.63) is 83.3 Å². The van der Waals surface area contributed by atoms with E-state index in [1.54, 1.807) is 6.07 Å². The van der Waals surface area contributed by atoms with Gasteiger partial charge < -0.3 is 5.32 Å². The van der Waals surface area contributed by atoms with Gasteiger partial charge in [0.2, 0.25) is 0 Å². The van der Waals surface area contributed by atoms with E-state index in [1.807, 2.05) is 80.1 Å². The fraction of sp³-hybridized carbons (Fsp3) is 0.136. The van der Waals surface area contributed by atoms with E-state index in [9.17, 15) is 4.79 Å². The molecule has 0 saturated carbocycles. The van der Waals surface area contributed by atoms with Crippen molar-refractivity contribution < 1.29 is 4.79 Å². The summed E-state index contributed by atoms with van der Waals surface area (Å²) in [6.45, 7) is 5.89. The number of pyridine rings is 1. The third-order valence-corrected chi connectivity index (χ3v) is 4.64. The Balaban J connectivity index is 1.65. The van der Waals surface area contributed by atoms with Crippen LogP contribution in [0.15, 0.2) is 60.7 Å². The average molecular weight is 356 g/mol. The van der Waals surface area contributed by atoms with Gasteiger partial charge in [0.1, 0.15) is 5.69 Å². The molecule has 0 unspecified atom stereocenters. The molecule has 2 aromatic heterocycles. The number of benzene rings is 2. The van der Waals surface area contributed by atoms with E-state index in [0.717, 1.165) is 33.7 Å². The predicted octanol–water partition coefficient (Wildman–Crippen LogP) is 4.60. The number of amides is 1. The minimum absolute atomic E-state index is 0.240. The molecular weight excluding hydrogens is 336 g/mol. The van der Waals surface area contributed by atoms with Crippen molar-refractivity contribution in [2.75, 3.05) is 5.32 Å². The number of rotatable bonds is 3. The van der Waals surface area contributed by atoms with Crippen molar-refractivity contribution in [1.82, 2.24) is 14.8 Å². The zero-order valence-electron chi connectivity index (χ0n) is 15.5. The number of fused-ring (bicyclic) bond motifs is 1. The van der Waals surface area contributed by atoms with Crippen LogP contribution in [0.25, 0.3) is 16.6 Å². The van der Waals surface area contributed by atoms with Crippen molar-refractivity contribution in [3.63, 3.8) is 0 Å². The molecule has 0 bridgehead atoms. The minimum Gasteiger partial charge on any atom is -0.317 e. The topological polar surface area (TPSA) is 59.8 Å². The summed E-state index contributed by atoms with van der Waals surface area (Å²) in [5, 5.41) is 8.57. The molecule has 2 aromatic carbocycles. The molecule has 0 spiro atoms. The fourth-order valence-electron chi connectivity index (χ4n) is 3.13. The highest BCUT2D eigenvalue weighted by molar-refractivity contribution is 6.04. The summed E-state index contributed by atoms with van der Waals surface area (Å²) >= 11 is 0. The molecule has 27 heavy (non-hydrogen) atoms. The maximum Gasteiger partial charge on any atom is 0.274 e. The number of hydrogen-bond acceptors (Lipinski definition) is 3. The first-order chi connectivity index (χ1) is 13.0. The van der Waals surface area contributed by atoms with Crippen LogP contribution in [-0.4, -0.2) is 20.7 Å². The molecule has 4 rings (SSSR count). The number of anilines is 1. The van der Waals surface area contributed by atoms with Crippen LogP contribution in [0.5, 0.6) is 0 Å². The van der Waals surface area contributed by atoms with Crippen LogP contribution in [0.2, 0.25) is 0 Å². The maximum atomic E-state index is 12.7. The third-order valence-electron chi connectivity index (χ3n) is 4.64.